The van der Waals surface area contributed by atoms with Crippen molar-refractivity contribution in [2.45, 2.75) is 31.8 Å². The van der Waals surface area contributed by atoms with Crippen LogP contribution in [-0.2, 0) is 14.8 Å². The first-order valence-electron chi connectivity index (χ1n) is 8.92. The number of rotatable bonds is 9. The van der Waals surface area contributed by atoms with Crippen molar-refractivity contribution in [2.24, 2.45) is 5.92 Å². The molecule has 2 rings (SSSR count). The predicted octanol–water partition coefficient (Wildman–Crippen LogP) is 3.04. The van der Waals surface area contributed by atoms with Crippen LogP contribution in [0.4, 0.5) is 5.69 Å². The van der Waals surface area contributed by atoms with Crippen molar-refractivity contribution in [3.05, 3.63) is 48.5 Å². The Morgan fingerprint density at radius 3 is 2.07 bits per heavy atom. The average molecular weight is 407 g/mol. The first kappa shape index (κ1) is 21.6. The molecule has 0 saturated heterocycles. The second-order valence-electron chi connectivity index (χ2n) is 6.70. The highest BCUT2D eigenvalue weighted by molar-refractivity contribution is 7.92. The molecular weight excluding hydrogens is 380 g/mol. The lowest BCUT2D eigenvalue weighted by Gasteiger charge is -2.16. The maximum Gasteiger partial charge on any atom is 0.261 e. The Balaban J connectivity index is 2.00. The Morgan fingerprint density at radius 1 is 0.964 bits per heavy atom. The number of sulfonamides is 1. The normalized spacial score (nSPS) is 12.3. The Kier molecular flexibility index (Phi) is 7.28. The van der Waals surface area contributed by atoms with Gasteiger partial charge in [0.05, 0.1) is 12.0 Å². The van der Waals surface area contributed by atoms with Gasteiger partial charge in [-0.25, -0.2) is 8.42 Å². The van der Waals surface area contributed by atoms with E-state index in [1.54, 1.807) is 31.2 Å². The van der Waals surface area contributed by atoms with E-state index in [9.17, 15) is 13.2 Å². The maximum absolute atomic E-state index is 12.5. The molecule has 28 heavy (non-hydrogen) atoms. The zero-order valence-corrected chi connectivity index (χ0v) is 17.2. The van der Waals surface area contributed by atoms with Crippen LogP contribution in [-0.4, -0.2) is 34.1 Å². The van der Waals surface area contributed by atoms with E-state index in [0.717, 1.165) is 0 Å². The standard InChI is InChI=1S/C20H26N2O5S/c1-14(2)13-21-20(23)15(3)27-18-9-11-19(12-10-18)28(24,25)22-16-5-7-17(26-4)8-6-16/h5-12,14-15,22H,13H2,1-4H3,(H,21,23)/t15-/m0/s1. The number of hydrogen-bond donors (Lipinski definition) is 2. The lowest BCUT2D eigenvalue weighted by atomic mass is 10.2. The molecule has 0 saturated carbocycles. The fraction of sp³-hybridized carbons (Fsp3) is 0.350. The second kappa shape index (κ2) is 9.45. The number of nitrogens with one attached hydrogen (secondary N) is 2. The molecule has 2 aromatic carbocycles. The van der Waals surface area contributed by atoms with Crippen LogP contribution in [0.25, 0.3) is 0 Å². The molecule has 0 radical (unpaired) electrons. The van der Waals surface area contributed by atoms with E-state index in [1.807, 2.05) is 13.8 Å². The van der Waals surface area contributed by atoms with E-state index in [4.69, 9.17) is 9.47 Å². The molecule has 0 bridgehead atoms. The van der Waals surface area contributed by atoms with Crippen LogP contribution in [0.5, 0.6) is 11.5 Å². The summed E-state index contributed by atoms with van der Waals surface area (Å²) in [6.07, 6.45) is -0.682. The van der Waals surface area contributed by atoms with E-state index in [1.165, 1.54) is 31.4 Å². The van der Waals surface area contributed by atoms with Crippen LogP contribution in [0.15, 0.2) is 53.4 Å². The summed E-state index contributed by atoms with van der Waals surface area (Å²) in [5.41, 5.74) is 0.427. The molecule has 0 unspecified atom stereocenters. The van der Waals surface area contributed by atoms with Crippen LogP contribution < -0.4 is 19.5 Å². The lowest BCUT2D eigenvalue weighted by molar-refractivity contribution is -0.127. The SMILES string of the molecule is COc1ccc(NS(=O)(=O)c2ccc(O[C@@H](C)C(=O)NCC(C)C)cc2)cc1. The fourth-order valence-corrected chi connectivity index (χ4v) is 3.34. The van der Waals surface area contributed by atoms with Crippen molar-refractivity contribution < 1.29 is 22.7 Å². The zero-order valence-electron chi connectivity index (χ0n) is 16.4. The molecule has 8 heteroatoms. The summed E-state index contributed by atoms with van der Waals surface area (Å²) < 4.78 is 38.1. The van der Waals surface area contributed by atoms with Gasteiger partial charge in [-0.2, -0.15) is 0 Å². The summed E-state index contributed by atoms with van der Waals surface area (Å²) in [5, 5.41) is 2.79. The van der Waals surface area contributed by atoms with Gasteiger partial charge in [0, 0.05) is 12.2 Å². The predicted molar refractivity (Wildman–Crippen MR) is 108 cm³/mol. The van der Waals surface area contributed by atoms with Gasteiger partial charge in [0.15, 0.2) is 6.10 Å². The van der Waals surface area contributed by atoms with Gasteiger partial charge in [-0.3, -0.25) is 9.52 Å². The summed E-state index contributed by atoms with van der Waals surface area (Å²) in [6.45, 7) is 6.22. The molecular formula is C20H26N2O5S. The maximum atomic E-state index is 12.5. The Bertz CT molecular complexity index is 878. The average Bonchev–Trinajstić information content (AvgIpc) is 2.66. The Hall–Kier alpha value is -2.74. The van der Waals surface area contributed by atoms with Crippen LogP contribution in [0, 0.1) is 5.92 Å². The lowest BCUT2D eigenvalue weighted by Crippen LogP contribution is -2.38. The molecule has 0 spiro atoms. The minimum atomic E-state index is -3.74. The molecule has 0 aromatic heterocycles. The number of methoxy groups -OCH3 is 1. The van der Waals surface area contributed by atoms with Crippen molar-refractivity contribution in [1.29, 1.82) is 0 Å². The van der Waals surface area contributed by atoms with Crippen LogP contribution >= 0.6 is 0 Å². The molecule has 1 atom stereocenters. The van der Waals surface area contributed by atoms with Crippen molar-refractivity contribution >= 4 is 21.6 Å². The number of carbonyl (C=O) groups is 1. The van der Waals surface area contributed by atoms with Crippen molar-refractivity contribution in [3.8, 4) is 11.5 Å². The van der Waals surface area contributed by atoms with E-state index in [-0.39, 0.29) is 10.8 Å². The highest BCUT2D eigenvalue weighted by Crippen LogP contribution is 2.21. The van der Waals surface area contributed by atoms with Gasteiger partial charge < -0.3 is 14.8 Å². The number of hydrogen-bond acceptors (Lipinski definition) is 5. The van der Waals surface area contributed by atoms with Gasteiger partial charge in [0.2, 0.25) is 0 Å². The van der Waals surface area contributed by atoms with Crippen LogP contribution in [0.3, 0.4) is 0 Å². The first-order valence-corrected chi connectivity index (χ1v) is 10.4. The van der Waals surface area contributed by atoms with Gasteiger partial charge in [-0.05, 0) is 61.4 Å². The quantitative estimate of drug-likeness (QED) is 0.668. The topological polar surface area (TPSA) is 93.7 Å². The molecule has 0 aliphatic carbocycles. The Morgan fingerprint density at radius 2 is 1.54 bits per heavy atom. The third-order valence-corrected chi connectivity index (χ3v) is 5.24. The van der Waals surface area contributed by atoms with Gasteiger partial charge in [0.1, 0.15) is 11.5 Å². The monoisotopic (exact) mass is 406 g/mol. The third-order valence-electron chi connectivity index (χ3n) is 3.84. The minimum Gasteiger partial charge on any atom is -0.497 e. The van der Waals surface area contributed by atoms with Crippen LogP contribution in [0.2, 0.25) is 0 Å². The van der Waals surface area contributed by atoms with Gasteiger partial charge in [0.25, 0.3) is 15.9 Å². The molecule has 1 amide bonds. The fourth-order valence-electron chi connectivity index (χ4n) is 2.28. The number of carbonyl (C=O) groups excluding carboxylic acids is 1. The Labute approximate surface area is 166 Å². The molecule has 152 valence electrons. The van der Waals surface area contributed by atoms with Crippen molar-refractivity contribution in [3.63, 3.8) is 0 Å². The van der Waals surface area contributed by atoms with Crippen molar-refractivity contribution in [1.82, 2.24) is 5.32 Å². The van der Waals surface area contributed by atoms with Gasteiger partial charge in [-0.1, -0.05) is 13.8 Å². The summed E-state index contributed by atoms with van der Waals surface area (Å²) >= 11 is 0. The minimum absolute atomic E-state index is 0.0904. The molecule has 0 fully saturated rings. The third kappa shape index (κ3) is 6.16. The summed E-state index contributed by atoms with van der Waals surface area (Å²) in [7, 11) is -2.20. The van der Waals surface area contributed by atoms with Crippen molar-refractivity contribution in [2.75, 3.05) is 18.4 Å². The van der Waals surface area contributed by atoms with Gasteiger partial charge in [-0.15, -0.1) is 0 Å². The second-order valence-corrected chi connectivity index (χ2v) is 8.39. The van der Waals surface area contributed by atoms with E-state index in [2.05, 4.69) is 10.0 Å². The highest BCUT2D eigenvalue weighted by Gasteiger charge is 2.17. The largest absolute Gasteiger partial charge is 0.497 e. The summed E-state index contributed by atoms with van der Waals surface area (Å²) in [6, 6.07) is 12.5. The smallest absolute Gasteiger partial charge is 0.261 e. The van der Waals surface area contributed by atoms with E-state index in [0.29, 0.717) is 29.6 Å². The highest BCUT2D eigenvalue weighted by atomic mass is 32.2. The molecule has 0 heterocycles. The number of benzene rings is 2. The molecule has 2 N–H and O–H groups in total. The number of anilines is 1. The first-order chi connectivity index (χ1) is 13.2. The molecule has 0 aliphatic rings. The number of amides is 1. The number of ether oxygens (including phenoxy) is 2. The van der Waals surface area contributed by atoms with E-state index >= 15 is 0 Å². The van der Waals surface area contributed by atoms with E-state index < -0.39 is 16.1 Å². The van der Waals surface area contributed by atoms with Crippen LogP contribution in [0.1, 0.15) is 20.8 Å². The summed E-state index contributed by atoms with van der Waals surface area (Å²) in [5.74, 6) is 1.18. The molecule has 2 aromatic rings. The molecule has 0 aliphatic heterocycles. The summed E-state index contributed by atoms with van der Waals surface area (Å²) in [4.78, 5) is 12.1. The molecule has 7 nitrogen and oxygen atoms in total. The van der Waals surface area contributed by atoms with Gasteiger partial charge >= 0.3 is 0 Å². The zero-order chi connectivity index (χ0) is 20.7.